The average Bonchev–Trinajstić information content (AvgIpc) is 2.59. The van der Waals surface area contributed by atoms with Crippen LogP contribution >= 0.6 is 0 Å². The minimum absolute atomic E-state index is 0.0422. The van der Waals surface area contributed by atoms with E-state index in [0.29, 0.717) is 5.75 Å². The van der Waals surface area contributed by atoms with Crippen LogP contribution in [0, 0.1) is 5.82 Å². The zero-order valence-corrected chi connectivity index (χ0v) is 13.2. The van der Waals surface area contributed by atoms with Crippen LogP contribution in [0.25, 0.3) is 11.0 Å². The third-order valence-electron chi connectivity index (χ3n) is 3.35. The van der Waals surface area contributed by atoms with Gasteiger partial charge in [-0.05, 0) is 43.3 Å². The van der Waals surface area contributed by atoms with Gasteiger partial charge in [0.05, 0.1) is 5.39 Å². The fraction of sp³-hybridized carbons (Fsp3) is 0.111. The van der Waals surface area contributed by atoms with E-state index in [1.807, 2.05) is 0 Å². The highest BCUT2D eigenvalue weighted by Gasteiger charge is 2.13. The molecule has 25 heavy (non-hydrogen) atoms. The normalized spacial score (nSPS) is 12.0. The van der Waals surface area contributed by atoms with Gasteiger partial charge in [0, 0.05) is 6.07 Å². The van der Waals surface area contributed by atoms with Crippen molar-refractivity contribution in [2.75, 3.05) is 0 Å². The topological polar surface area (TPSA) is 91.8 Å². The Balaban J connectivity index is 1.91. The predicted octanol–water partition coefficient (Wildman–Crippen LogP) is 2.98. The van der Waals surface area contributed by atoms with Gasteiger partial charge >= 0.3 is 5.97 Å². The first kappa shape index (κ1) is 16.7. The van der Waals surface area contributed by atoms with Gasteiger partial charge in [0.25, 0.3) is 0 Å². The maximum Gasteiger partial charge on any atom is 0.328 e. The van der Waals surface area contributed by atoms with Crippen molar-refractivity contribution in [3.05, 3.63) is 64.8 Å². The van der Waals surface area contributed by atoms with Crippen LogP contribution in [-0.4, -0.2) is 12.0 Å². The maximum atomic E-state index is 12.9. The molecule has 0 aliphatic rings. The van der Waals surface area contributed by atoms with Crippen molar-refractivity contribution in [1.29, 1.82) is 0 Å². The largest absolute Gasteiger partial charge is 0.460 e. The second-order valence-corrected chi connectivity index (χ2v) is 5.35. The summed E-state index contributed by atoms with van der Waals surface area (Å²) in [5.74, 6) is -0.537. The Morgan fingerprint density at radius 2 is 1.84 bits per heavy atom. The van der Waals surface area contributed by atoms with Crippen LogP contribution in [-0.2, 0) is 4.79 Å². The minimum Gasteiger partial charge on any atom is -0.460 e. The molecule has 0 radical (unpaired) electrons. The van der Waals surface area contributed by atoms with Crippen LogP contribution in [0.1, 0.15) is 6.92 Å². The molecular formula is C18H14FNO5. The van der Waals surface area contributed by atoms with Gasteiger partial charge in [-0.2, -0.15) is 0 Å². The van der Waals surface area contributed by atoms with Crippen molar-refractivity contribution in [2.24, 2.45) is 5.73 Å². The lowest BCUT2D eigenvalue weighted by molar-refractivity contribution is -0.135. The Morgan fingerprint density at radius 1 is 1.16 bits per heavy atom. The van der Waals surface area contributed by atoms with Gasteiger partial charge in [-0.3, -0.25) is 4.79 Å². The Kier molecular flexibility index (Phi) is 4.49. The van der Waals surface area contributed by atoms with Crippen LogP contribution < -0.4 is 20.6 Å². The number of carbonyl (C=O) groups is 1. The van der Waals surface area contributed by atoms with Crippen LogP contribution in [0.15, 0.2) is 57.9 Å². The quantitative estimate of drug-likeness (QED) is 0.578. The molecule has 0 bridgehead atoms. The molecule has 0 amide bonds. The Labute approximate surface area is 141 Å². The molecule has 2 aromatic carbocycles. The lowest BCUT2D eigenvalue weighted by atomic mass is 10.2. The number of hydrogen-bond acceptors (Lipinski definition) is 6. The number of rotatable bonds is 4. The molecule has 1 heterocycles. The first-order chi connectivity index (χ1) is 11.9. The van der Waals surface area contributed by atoms with Crippen molar-refractivity contribution < 1.29 is 23.1 Å². The zero-order valence-electron chi connectivity index (χ0n) is 13.2. The molecule has 7 heteroatoms. The highest BCUT2D eigenvalue weighted by Crippen LogP contribution is 2.24. The second kappa shape index (κ2) is 6.74. The van der Waals surface area contributed by atoms with Gasteiger partial charge in [0.1, 0.15) is 35.2 Å². The molecule has 2 N–H and O–H groups in total. The number of fused-ring (bicyclic) bond motifs is 1. The summed E-state index contributed by atoms with van der Waals surface area (Å²) in [5, 5.41) is 0.250. The molecule has 3 aromatic rings. The van der Waals surface area contributed by atoms with Crippen molar-refractivity contribution in [3.8, 4) is 17.2 Å². The van der Waals surface area contributed by atoms with Gasteiger partial charge in [0.15, 0.2) is 0 Å². The Bertz CT molecular complexity index is 979. The fourth-order valence-corrected chi connectivity index (χ4v) is 2.06. The molecule has 0 saturated heterocycles. The van der Waals surface area contributed by atoms with Gasteiger partial charge in [0.2, 0.25) is 11.2 Å². The van der Waals surface area contributed by atoms with Gasteiger partial charge in [-0.1, -0.05) is 0 Å². The summed E-state index contributed by atoms with van der Waals surface area (Å²) in [6.07, 6.45) is 1.14. The van der Waals surface area contributed by atoms with E-state index in [0.717, 1.165) is 6.26 Å². The van der Waals surface area contributed by atoms with Crippen LogP contribution in [0.3, 0.4) is 0 Å². The van der Waals surface area contributed by atoms with Crippen LogP contribution in [0.5, 0.6) is 17.2 Å². The molecule has 0 unspecified atom stereocenters. The molecule has 1 atom stereocenters. The number of benzene rings is 2. The van der Waals surface area contributed by atoms with E-state index in [1.165, 1.54) is 49.4 Å². The van der Waals surface area contributed by atoms with Gasteiger partial charge in [-0.25, -0.2) is 9.18 Å². The smallest absolute Gasteiger partial charge is 0.328 e. The van der Waals surface area contributed by atoms with Crippen molar-refractivity contribution in [1.82, 2.24) is 0 Å². The molecule has 0 aliphatic heterocycles. The lowest BCUT2D eigenvalue weighted by Crippen LogP contribution is -2.30. The number of hydrogen-bond donors (Lipinski definition) is 1. The van der Waals surface area contributed by atoms with E-state index in [2.05, 4.69) is 0 Å². The van der Waals surface area contributed by atoms with Crippen molar-refractivity contribution >= 4 is 16.9 Å². The summed E-state index contributed by atoms with van der Waals surface area (Å²) in [6.45, 7) is 1.50. The monoisotopic (exact) mass is 343 g/mol. The Morgan fingerprint density at radius 3 is 2.52 bits per heavy atom. The highest BCUT2D eigenvalue weighted by atomic mass is 19.1. The molecule has 1 aromatic heterocycles. The number of halogens is 1. The number of ether oxygens (including phenoxy) is 2. The summed E-state index contributed by atoms with van der Waals surface area (Å²) < 4.78 is 28.8. The van der Waals surface area contributed by atoms with E-state index < -0.39 is 23.3 Å². The molecular weight excluding hydrogens is 329 g/mol. The third-order valence-corrected chi connectivity index (χ3v) is 3.35. The van der Waals surface area contributed by atoms with E-state index in [9.17, 15) is 14.0 Å². The highest BCUT2D eigenvalue weighted by molar-refractivity contribution is 5.82. The van der Waals surface area contributed by atoms with Crippen LogP contribution in [0.2, 0.25) is 0 Å². The summed E-state index contributed by atoms with van der Waals surface area (Å²) in [7, 11) is 0. The molecule has 0 fully saturated rings. The second-order valence-electron chi connectivity index (χ2n) is 5.35. The first-order valence-electron chi connectivity index (χ1n) is 7.40. The molecule has 6 nitrogen and oxygen atoms in total. The van der Waals surface area contributed by atoms with Crippen LogP contribution in [0.4, 0.5) is 4.39 Å². The van der Waals surface area contributed by atoms with E-state index in [-0.39, 0.29) is 22.5 Å². The maximum absolute atomic E-state index is 12.9. The summed E-state index contributed by atoms with van der Waals surface area (Å²) in [4.78, 5) is 24.0. The lowest BCUT2D eigenvalue weighted by Gasteiger charge is -2.08. The SMILES string of the molecule is C[C@@H](N)C(=O)Oc1ccc2c(=O)c(Oc3ccc(F)cc3)coc2c1. The third kappa shape index (κ3) is 3.67. The number of esters is 1. The standard InChI is InChI=1S/C18H14FNO5/c1-10(20)18(22)25-13-6-7-14-15(8-13)23-9-16(17(14)21)24-12-4-2-11(19)3-5-12/h2-10H,20H2,1H3/t10-/m1/s1. The minimum atomic E-state index is -0.769. The first-order valence-corrected chi connectivity index (χ1v) is 7.40. The average molecular weight is 343 g/mol. The summed E-state index contributed by atoms with van der Waals surface area (Å²) in [6, 6.07) is 8.80. The Hall–Kier alpha value is -3.19. The van der Waals surface area contributed by atoms with Gasteiger partial charge < -0.3 is 19.6 Å². The summed E-state index contributed by atoms with van der Waals surface area (Å²) in [5.41, 5.74) is 5.26. The van der Waals surface area contributed by atoms with Crippen molar-refractivity contribution in [3.63, 3.8) is 0 Å². The molecule has 0 spiro atoms. The number of carbonyl (C=O) groups excluding carboxylic acids is 1. The zero-order chi connectivity index (χ0) is 18.0. The van der Waals surface area contributed by atoms with Crippen molar-refractivity contribution in [2.45, 2.75) is 13.0 Å². The molecule has 0 saturated carbocycles. The molecule has 128 valence electrons. The van der Waals surface area contributed by atoms with E-state index in [1.54, 1.807) is 0 Å². The van der Waals surface area contributed by atoms with Gasteiger partial charge in [-0.15, -0.1) is 0 Å². The van der Waals surface area contributed by atoms with E-state index in [4.69, 9.17) is 19.6 Å². The predicted molar refractivity (Wildman–Crippen MR) is 88.2 cm³/mol. The van der Waals surface area contributed by atoms with E-state index >= 15 is 0 Å². The molecule has 0 aliphatic carbocycles. The molecule has 3 rings (SSSR count). The number of nitrogens with two attached hydrogens (primary N) is 1. The summed E-state index contributed by atoms with van der Waals surface area (Å²) >= 11 is 0. The fourth-order valence-electron chi connectivity index (χ4n) is 2.06.